The minimum Gasteiger partial charge on any atom is -0.477 e. The Labute approximate surface area is 90.7 Å². The topological polar surface area (TPSA) is 45.9 Å². The summed E-state index contributed by atoms with van der Waals surface area (Å²) >= 11 is 0. The van der Waals surface area contributed by atoms with Crippen molar-refractivity contribution >= 4 is 0 Å². The van der Waals surface area contributed by atoms with Crippen molar-refractivity contribution in [1.82, 2.24) is 4.98 Å². The Balaban J connectivity index is 3.17. The number of aromatic nitrogens is 1. The van der Waals surface area contributed by atoms with E-state index in [2.05, 4.69) is 31.8 Å². The maximum Gasteiger partial charge on any atom is 0.231 e. The van der Waals surface area contributed by atoms with E-state index < -0.39 is 0 Å². The van der Waals surface area contributed by atoms with Crippen LogP contribution in [0.3, 0.4) is 0 Å². The average molecular weight is 204 g/mol. The van der Waals surface area contributed by atoms with E-state index in [1.54, 1.807) is 6.07 Å². The van der Waals surface area contributed by atoms with Gasteiger partial charge in [-0.15, -0.1) is 0 Å². The molecule has 0 atom stereocenters. The number of rotatable bonds is 2. The highest BCUT2D eigenvalue weighted by atomic mass is 16.5. The van der Waals surface area contributed by atoms with Crippen LogP contribution in [-0.4, -0.2) is 11.6 Å². The summed E-state index contributed by atoms with van der Waals surface area (Å²) in [7, 11) is 0. The lowest BCUT2D eigenvalue weighted by atomic mass is 9.91. The molecule has 15 heavy (non-hydrogen) atoms. The van der Waals surface area contributed by atoms with Gasteiger partial charge in [-0.2, -0.15) is 5.26 Å². The standard InChI is InChI=1S/C12H16N2O/c1-5-15-11-9(8-13)6-7-10(14-11)12(2,3)4/h6-7H,5H2,1-4H3. The van der Waals surface area contributed by atoms with Crippen LogP contribution < -0.4 is 4.74 Å². The van der Waals surface area contributed by atoms with E-state index in [9.17, 15) is 0 Å². The Kier molecular flexibility index (Phi) is 3.31. The first-order valence-corrected chi connectivity index (χ1v) is 5.03. The zero-order valence-electron chi connectivity index (χ0n) is 9.66. The Morgan fingerprint density at radius 2 is 2.07 bits per heavy atom. The molecular weight excluding hydrogens is 188 g/mol. The molecule has 1 rings (SSSR count). The van der Waals surface area contributed by atoms with Crippen molar-refractivity contribution in [2.24, 2.45) is 0 Å². The number of hydrogen-bond donors (Lipinski definition) is 0. The highest BCUT2D eigenvalue weighted by Crippen LogP contribution is 2.24. The molecule has 0 aliphatic rings. The molecule has 0 unspecified atom stereocenters. The van der Waals surface area contributed by atoms with Crippen molar-refractivity contribution in [3.63, 3.8) is 0 Å². The van der Waals surface area contributed by atoms with Crippen molar-refractivity contribution in [2.75, 3.05) is 6.61 Å². The SMILES string of the molecule is CCOc1nc(C(C)(C)C)ccc1C#N. The lowest BCUT2D eigenvalue weighted by Gasteiger charge is -2.18. The Morgan fingerprint density at radius 1 is 1.40 bits per heavy atom. The molecule has 1 aromatic heterocycles. The second kappa shape index (κ2) is 4.31. The minimum atomic E-state index is -0.0279. The van der Waals surface area contributed by atoms with Gasteiger partial charge >= 0.3 is 0 Å². The molecule has 0 aliphatic carbocycles. The summed E-state index contributed by atoms with van der Waals surface area (Å²) in [6.45, 7) is 8.65. The molecule has 0 fully saturated rings. The summed E-state index contributed by atoms with van der Waals surface area (Å²) < 4.78 is 5.33. The second-order valence-corrected chi connectivity index (χ2v) is 4.34. The summed E-state index contributed by atoms with van der Waals surface area (Å²) in [6.07, 6.45) is 0. The third-order valence-electron chi connectivity index (χ3n) is 2.03. The number of ether oxygens (including phenoxy) is 1. The van der Waals surface area contributed by atoms with Crippen molar-refractivity contribution in [3.8, 4) is 11.9 Å². The predicted octanol–water partition coefficient (Wildman–Crippen LogP) is 2.65. The second-order valence-electron chi connectivity index (χ2n) is 4.34. The molecule has 0 N–H and O–H groups in total. The van der Waals surface area contributed by atoms with Gasteiger partial charge in [0.15, 0.2) is 0 Å². The van der Waals surface area contributed by atoms with Crippen LogP contribution in [0.1, 0.15) is 39.0 Å². The van der Waals surface area contributed by atoms with Crippen molar-refractivity contribution in [2.45, 2.75) is 33.1 Å². The van der Waals surface area contributed by atoms with Gasteiger partial charge in [0.05, 0.1) is 6.61 Å². The summed E-state index contributed by atoms with van der Waals surface area (Å²) in [5.41, 5.74) is 1.40. The fraction of sp³-hybridized carbons (Fsp3) is 0.500. The molecule has 0 saturated heterocycles. The average Bonchev–Trinajstić information content (AvgIpc) is 2.17. The molecule has 0 aliphatic heterocycles. The van der Waals surface area contributed by atoms with Gasteiger partial charge < -0.3 is 4.74 Å². The molecule has 80 valence electrons. The van der Waals surface area contributed by atoms with E-state index in [-0.39, 0.29) is 5.41 Å². The van der Waals surface area contributed by atoms with Gasteiger partial charge in [0.25, 0.3) is 0 Å². The highest BCUT2D eigenvalue weighted by Gasteiger charge is 2.17. The van der Waals surface area contributed by atoms with Crippen LogP contribution in [0.15, 0.2) is 12.1 Å². The monoisotopic (exact) mass is 204 g/mol. The zero-order chi connectivity index (χ0) is 11.5. The molecule has 0 amide bonds. The third-order valence-corrected chi connectivity index (χ3v) is 2.03. The van der Waals surface area contributed by atoms with Crippen LogP contribution in [0.2, 0.25) is 0 Å². The van der Waals surface area contributed by atoms with Crippen LogP contribution in [0, 0.1) is 11.3 Å². The lowest BCUT2D eigenvalue weighted by molar-refractivity contribution is 0.322. The summed E-state index contributed by atoms with van der Waals surface area (Å²) in [5.74, 6) is 0.437. The summed E-state index contributed by atoms with van der Waals surface area (Å²) in [6, 6.07) is 5.71. The Bertz CT molecular complexity index is 386. The largest absolute Gasteiger partial charge is 0.477 e. The maximum absolute atomic E-state index is 8.87. The number of hydrogen-bond acceptors (Lipinski definition) is 3. The molecule has 0 aromatic carbocycles. The normalized spacial score (nSPS) is 10.9. The smallest absolute Gasteiger partial charge is 0.231 e. The summed E-state index contributed by atoms with van der Waals surface area (Å²) in [5, 5.41) is 8.87. The predicted molar refractivity (Wildman–Crippen MR) is 58.8 cm³/mol. The first-order valence-electron chi connectivity index (χ1n) is 5.03. The zero-order valence-corrected chi connectivity index (χ0v) is 9.66. The molecular formula is C12H16N2O. The molecule has 0 bridgehead atoms. The molecule has 0 spiro atoms. The highest BCUT2D eigenvalue weighted by molar-refractivity contribution is 5.39. The number of nitriles is 1. The van der Waals surface area contributed by atoms with Crippen molar-refractivity contribution < 1.29 is 4.74 Å². The van der Waals surface area contributed by atoms with E-state index >= 15 is 0 Å². The van der Waals surface area contributed by atoms with Gasteiger partial charge in [-0.1, -0.05) is 20.8 Å². The van der Waals surface area contributed by atoms with E-state index in [1.807, 2.05) is 13.0 Å². The Hall–Kier alpha value is -1.56. The quantitative estimate of drug-likeness (QED) is 0.744. The van der Waals surface area contributed by atoms with Gasteiger partial charge in [0, 0.05) is 11.1 Å². The fourth-order valence-electron chi connectivity index (χ4n) is 1.19. The van der Waals surface area contributed by atoms with Gasteiger partial charge in [-0.3, -0.25) is 0 Å². The molecule has 1 aromatic rings. The van der Waals surface area contributed by atoms with Crippen LogP contribution in [0.5, 0.6) is 5.88 Å². The minimum absolute atomic E-state index is 0.0279. The van der Waals surface area contributed by atoms with E-state index in [1.165, 1.54) is 0 Å². The van der Waals surface area contributed by atoms with Crippen molar-refractivity contribution in [1.29, 1.82) is 5.26 Å². The first-order chi connectivity index (χ1) is 6.99. The fourth-order valence-corrected chi connectivity index (χ4v) is 1.19. The van der Waals surface area contributed by atoms with Crippen LogP contribution in [-0.2, 0) is 5.41 Å². The van der Waals surface area contributed by atoms with Crippen LogP contribution in [0.25, 0.3) is 0 Å². The summed E-state index contributed by atoms with van der Waals surface area (Å²) in [4.78, 5) is 4.36. The molecule has 0 radical (unpaired) electrons. The van der Waals surface area contributed by atoms with E-state index in [0.29, 0.717) is 18.1 Å². The van der Waals surface area contributed by atoms with E-state index in [0.717, 1.165) is 5.69 Å². The van der Waals surface area contributed by atoms with Crippen molar-refractivity contribution in [3.05, 3.63) is 23.4 Å². The lowest BCUT2D eigenvalue weighted by Crippen LogP contribution is -2.14. The third kappa shape index (κ3) is 2.69. The van der Waals surface area contributed by atoms with Gasteiger partial charge in [0.1, 0.15) is 11.6 Å². The van der Waals surface area contributed by atoms with E-state index in [4.69, 9.17) is 10.00 Å². The maximum atomic E-state index is 8.87. The Morgan fingerprint density at radius 3 is 2.53 bits per heavy atom. The molecule has 3 heteroatoms. The first kappa shape index (κ1) is 11.5. The van der Waals surface area contributed by atoms with Gasteiger partial charge in [-0.25, -0.2) is 4.98 Å². The number of nitrogens with zero attached hydrogens (tertiary/aromatic N) is 2. The number of pyridine rings is 1. The molecule has 3 nitrogen and oxygen atoms in total. The van der Waals surface area contributed by atoms with Crippen LogP contribution in [0.4, 0.5) is 0 Å². The van der Waals surface area contributed by atoms with Crippen LogP contribution >= 0.6 is 0 Å². The van der Waals surface area contributed by atoms with Gasteiger partial charge in [-0.05, 0) is 19.1 Å². The molecule has 0 saturated carbocycles. The van der Waals surface area contributed by atoms with Gasteiger partial charge in [0.2, 0.25) is 5.88 Å². The molecule has 1 heterocycles.